The second kappa shape index (κ2) is 4.75. The lowest BCUT2D eigenvalue weighted by molar-refractivity contribution is 0.0954. The van der Waals surface area contributed by atoms with E-state index >= 15 is 0 Å². The predicted molar refractivity (Wildman–Crippen MR) is 58.9 cm³/mol. The van der Waals surface area contributed by atoms with Crippen LogP contribution in [0.3, 0.4) is 0 Å². The van der Waals surface area contributed by atoms with Gasteiger partial charge < -0.3 is 5.32 Å². The van der Waals surface area contributed by atoms with Crippen LogP contribution in [0.1, 0.15) is 15.9 Å². The molecule has 0 unspecified atom stereocenters. The van der Waals surface area contributed by atoms with E-state index in [0.29, 0.717) is 12.1 Å². The van der Waals surface area contributed by atoms with Gasteiger partial charge in [0.1, 0.15) is 0 Å². The van der Waals surface area contributed by atoms with Gasteiger partial charge in [-0.05, 0) is 28.8 Å². The summed E-state index contributed by atoms with van der Waals surface area (Å²) in [5.74, 6) is -0.0843. The second-order valence-electron chi connectivity index (χ2n) is 3.12. The van der Waals surface area contributed by atoms with Gasteiger partial charge in [0.15, 0.2) is 0 Å². The van der Waals surface area contributed by atoms with Crippen molar-refractivity contribution >= 4 is 17.2 Å². The van der Waals surface area contributed by atoms with E-state index in [0.717, 1.165) is 6.42 Å². The minimum absolute atomic E-state index is 0.0843. The second-order valence-corrected chi connectivity index (χ2v) is 3.90. The number of thiophene rings is 1. The van der Waals surface area contributed by atoms with Gasteiger partial charge in [-0.2, -0.15) is 16.4 Å². The maximum Gasteiger partial charge on any atom is 0.254 e. The fraction of sp³-hybridized carbons (Fsp3) is 0.200. The molecule has 15 heavy (non-hydrogen) atoms. The van der Waals surface area contributed by atoms with Crippen molar-refractivity contribution in [1.29, 1.82) is 0 Å². The molecule has 2 heterocycles. The van der Waals surface area contributed by atoms with E-state index < -0.39 is 0 Å². The molecule has 2 aromatic rings. The van der Waals surface area contributed by atoms with Crippen molar-refractivity contribution in [2.75, 3.05) is 6.54 Å². The fourth-order valence-corrected chi connectivity index (χ4v) is 1.94. The number of carbonyl (C=O) groups excluding carboxylic acids is 1. The highest BCUT2D eigenvalue weighted by Gasteiger charge is 2.04. The number of aromatic nitrogens is 2. The van der Waals surface area contributed by atoms with Crippen LogP contribution in [0.2, 0.25) is 0 Å². The summed E-state index contributed by atoms with van der Waals surface area (Å²) in [6.45, 7) is 0.654. The number of carbonyl (C=O) groups is 1. The Morgan fingerprint density at radius 1 is 1.60 bits per heavy atom. The number of nitrogens with zero attached hydrogens (tertiary/aromatic N) is 1. The SMILES string of the molecule is O=C(NCCc1ccsc1)c1cn[nH]c1. The Bertz CT molecular complexity index is 408. The number of aromatic amines is 1. The number of amides is 1. The van der Waals surface area contributed by atoms with Crippen molar-refractivity contribution in [2.24, 2.45) is 0 Å². The summed E-state index contributed by atoms with van der Waals surface area (Å²) in [5.41, 5.74) is 1.83. The summed E-state index contributed by atoms with van der Waals surface area (Å²) < 4.78 is 0. The van der Waals surface area contributed by atoms with E-state index in [1.165, 1.54) is 11.8 Å². The van der Waals surface area contributed by atoms with Crippen molar-refractivity contribution in [2.45, 2.75) is 6.42 Å². The van der Waals surface area contributed by atoms with Gasteiger partial charge in [-0.25, -0.2) is 0 Å². The van der Waals surface area contributed by atoms with E-state index in [1.54, 1.807) is 17.5 Å². The third-order valence-corrected chi connectivity index (χ3v) is 2.77. The average molecular weight is 221 g/mol. The van der Waals surface area contributed by atoms with Crippen LogP contribution in [0, 0.1) is 0 Å². The molecule has 0 saturated heterocycles. The third-order valence-electron chi connectivity index (χ3n) is 2.04. The molecule has 2 N–H and O–H groups in total. The van der Waals surface area contributed by atoms with Crippen LogP contribution in [-0.2, 0) is 6.42 Å². The minimum atomic E-state index is -0.0843. The van der Waals surface area contributed by atoms with Gasteiger partial charge in [0.05, 0.1) is 11.8 Å². The van der Waals surface area contributed by atoms with E-state index in [4.69, 9.17) is 0 Å². The Hall–Kier alpha value is -1.62. The molecule has 0 radical (unpaired) electrons. The lowest BCUT2D eigenvalue weighted by Gasteiger charge is -2.01. The maximum absolute atomic E-state index is 11.5. The first-order valence-corrected chi connectivity index (χ1v) is 5.58. The van der Waals surface area contributed by atoms with Crippen molar-refractivity contribution in [3.8, 4) is 0 Å². The molecule has 1 amide bonds. The highest BCUT2D eigenvalue weighted by Crippen LogP contribution is 2.05. The van der Waals surface area contributed by atoms with Crippen molar-refractivity contribution in [3.05, 3.63) is 40.3 Å². The average Bonchev–Trinajstić information content (AvgIpc) is 2.90. The molecule has 0 aromatic carbocycles. The Kier molecular flexibility index (Phi) is 3.14. The van der Waals surface area contributed by atoms with E-state index in [9.17, 15) is 4.79 Å². The molecule has 5 heteroatoms. The Morgan fingerprint density at radius 3 is 3.20 bits per heavy atom. The van der Waals surface area contributed by atoms with Crippen LogP contribution < -0.4 is 5.32 Å². The zero-order chi connectivity index (χ0) is 10.5. The highest BCUT2D eigenvalue weighted by molar-refractivity contribution is 7.07. The summed E-state index contributed by atoms with van der Waals surface area (Å²) in [6, 6.07) is 2.06. The molecule has 0 atom stereocenters. The first-order valence-electron chi connectivity index (χ1n) is 4.64. The molecule has 78 valence electrons. The Labute approximate surface area is 91.3 Å². The summed E-state index contributed by atoms with van der Waals surface area (Å²) in [7, 11) is 0. The summed E-state index contributed by atoms with van der Waals surface area (Å²) in [6.07, 6.45) is 3.97. The van der Waals surface area contributed by atoms with Crippen molar-refractivity contribution in [3.63, 3.8) is 0 Å². The molecule has 0 aliphatic carbocycles. The standard InChI is InChI=1S/C10H11N3OS/c14-10(9-5-12-13-6-9)11-3-1-8-2-4-15-7-8/h2,4-7H,1,3H2,(H,11,14)(H,12,13). The number of rotatable bonds is 4. The molecular formula is C10H11N3OS. The van der Waals surface area contributed by atoms with Crippen molar-refractivity contribution in [1.82, 2.24) is 15.5 Å². The maximum atomic E-state index is 11.5. The molecule has 0 aliphatic heterocycles. The molecule has 0 aliphatic rings. The van der Waals surface area contributed by atoms with Crippen LogP contribution in [0.5, 0.6) is 0 Å². The largest absolute Gasteiger partial charge is 0.352 e. The first kappa shape index (κ1) is 9.92. The van der Waals surface area contributed by atoms with E-state index in [-0.39, 0.29) is 5.91 Å². The quantitative estimate of drug-likeness (QED) is 0.820. The monoisotopic (exact) mass is 221 g/mol. The van der Waals surface area contributed by atoms with Gasteiger partial charge >= 0.3 is 0 Å². The summed E-state index contributed by atoms with van der Waals surface area (Å²) in [4.78, 5) is 11.5. The Morgan fingerprint density at radius 2 is 2.53 bits per heavy atom. The first-order chi connectivity index (χ1) is 7.36. The Balaban J connectivity index is 1.77. The fourth-order valence-electron chi connectivity index (χ4n) is 1.23. The molecule has 2 rings (SSSR count). The normalized spacial score (nSPS) is 10.1. The van der Waals surface area contributed by atoms with E-state index in [1.807, 2.05) is 5.38 Å². The van der Waals surface area contributed by atoms with Gasteiger partial charge in [-0.15, -0.1) is 0 Å². The topological polar surface area (TPSA) is 57.8 Å². The number of nitrogens with one attached hydrogen (secondary N) is 2. The molecule has 0 spiro atoms. The van der Waals surface area contributed by atoms with Gasteiger partial charge in [0, 0.05) is 12.7 Å². The molecule has 0 saturated carbocycles. The molecular weight excluding hydrogens is 210 g/mol. The zero-order valence-corrected chi connectivity index (χ0v) is 8.88. The molecule has 2 aromatic heterocycles. The van der Waals surface area contributed by atoms with Crippen LogP contribution in [0.25, 0.3) is 0 Å². The lowest BCUT2D eigenvalue weighted by atomic mass is 10.2. The third kappa shape index (κ3) is 2.66. The highest BCUT2D eigenvalue weighted by atomic mass is 32.1. The summed E-state index contributed by atoms with van der Waals surface area (Å²) >= 11 is 1.67. The number of H-pyrrole nitrogens is 1. The van der Waals surface area contributed by atoms with Gasteiger partial charge in [0.25, 0.3) is 5.91 Å². The van der Waals surface area contributed by atoms with Gasteiger partial charge in [0.2, 0.25) is 0 Å². The zero-order valence-electron chi connectivity index (χ0n) is 8.06. The van der Waals surface area contributed by atoms with Crippen LogP contribution in [0.15, 0.2) is 29.2 Å². The lowest BCUT2D eigenvalue weighted by Crippen LogP contribution is -2.25. The van der Waals surface area contributed by atoms with Crippen LogP contribution in [-0.4, -0.2) is 22.6 Å². The summed E-state index contributed by atoms with van der Waals surface area (Å²) in [5, 5.41) is 13.3. The number of hydrogen-bond donors (Lipinski definition) is 2. The number of hydrogen-bond acceptors (Lipinski definition) is 3. The minimum Gasteiger partial charge on any atom is -0.352 e. The van der Waals surface area contributed by atoms with E-state index in [2.05, 4.69) is 27.0 Å². The van der Waals surface area contributed by atoms with Crippen LogP contribution in [0.4, 0.5) is 0 Å². The molecule has 4 nitrogen and oxygen atoms in total. The smallest absolute Gasteiger partial charge is 0.254 e. The molecule has 0 fully saturated rings. The van der Waals surface area contributed by atoms with Gasteiger partial charge in [-0.1, -0.05) is 0 Å². The molecule has 0 bridgehead atoms. The van der Waals surface area contributed by atoms with Crippen molar-refractivity contribution < 1.29 is 4.79 Å². The van der Waals surface area contributed by atoms with Crippen LogP contribution >= 0.6 is 11.3 Å². The predicted octanol–water partition coefficient (Wildman–Crippen LogP) is 1.44. The van der Waals surface area contributed by atoms with Gasteiger partial charge in [-0.3, -0.25) is 9.89 Å².